The second-order valence-electron chi connectivity index (χ2n) is 10.4. The molecule has 0 aromatic carbocycles. The molecule has 0 aromatic rings. The molecule has 0 N–H and O–H groups in total. The van der Waals surface area contributed by atoms with Gasteiger partial charge in [0.25, 0.3) is 0 Å². The van der Waals surface area contributed by atoms with Crippen LogP contribution in [-0.2, 0) is 9.47 Å². The van der Waals surface area contributed by atoms with Crippen LogP contribution >= 0.6 is 15.9 Å². The molecule has 0 unspecified atom stereocenters. The molecule has 1 saturated carbocycles. The first-order valence-electron chi connectivity index (χ1n) is 12.0. The van der Waals surface area contributed by atoms with E-state index < -0.39 is 0 Å². The molecule has 1 aliphatic carbocycles. The summed E-state index contributed by atoms with van der Waals surface area (Å²) in [5.74, 6) is 3.03. The van der Waals surface area contributed by atoms with Gasteiger partial charge in [0.05, 0.1) is 13.2 Å². The Bertz CT molecular complexity index is 381. The number of hydrogen-bond donors (Lipinski definition) is 0. The second kappa shape index (κ2) is 13.0. The Kier molecular flexibility index (Phi) is 12.2. The minimum Gasteiger partial charge on any atom is -0.381 e. The van der Waals surface area contributed by atoms with Gasteiger partial charge in [0.2, 0.25) is 0 Å². The van der Waals surface area contributed by atoms with E-state index in [0.29, 0.717) is 11.8 Å². The van der Waals surface area contributed by atoms with Crippen molar-refractivity contribution in [1.29, 1.82) is 0 Å². The van der Waals surface area contributed by atoms with E-state index in [4.69, 9.17) is 9.47 Å². The van der Waals surface area contributed by atoms with Crippen LogP contribution in [0.5, 0.6) is 0 Å². The summed E-state index contributed by atoms with van der Waals surface area (Å²) in [7, 11) is 0. The molecule has 2 nitrogen and oxygen atoms in total. The van der Waals surface area contributed by atoms with Gasteiger partial charge in [-0.25, -0.2) is 0 Å². The molecule has 0 heterocycles. The SMILES string of the molecule is CCOCC(CCC(Br)(CC(C)C)CC(C)C)(COCC)C1CCC(C)CC1. The largest absolute Gasteiger partial charge is 0.381 e. The molecule has 0 saturated heterocycles. The Morgan fingerprint density at radius 3 is 1.68 bits per heavy atom. The molecule has 1 fully saturated rings. The summed E-state index contributed by atoms with van der Waals surface area (Å²) in [6, 6.07) is 0. The minimum atomic E-state index is 0.166. The van der Waals surface area contributed by atoms with E-state index in [0.717, 1.165) is 38.3 Å². The lowest BCUT2D eigenvalue weighted by molar-refractivity contribution is -0.0703. The van der Waals surface area contributed by atoms with E-state index in [-0.39, 0.29) is 9.74 Å². The summed E-state index contributed by atoms with van der Waals surface area (Å²) in [5.41, 5.74) is 0.166. The van der Waals surface area contributed by atoms with Crippen molar-refractivity contribution in [3.8, 4) is 0 Å². The Hall–Kier alpha value is 0.400. The van der Waals surface area contributed by atoms with Crippen LogP contribution in [-0.4, -0.2) is 30.8 Å². The van der Waals surface area contributed by atoms with Crippen molar-refractivity contribution in [2.45, 2.75) is 104 Å². The average Bonchev–Trinajstić information content (AvgIpc) is 2.61. The monoisotopic (exact) mass is 460 g/mol. The van der Waals surface area contributed by atoms with Gasteiger partial charge in [-0.1, -0.05) is 63.4 Å². The zero-order valence-corrected chi connectivity index (χ0v) is 21.6. The maximum atomic E-state index is 6.11. The van der Waals surface area contributed by atoms with Gasteiger partial charge in [-0.05, 0) is 76.0 Å². The molecule has 1 rings (SSSR count). The fourth-order valence-electron chi connectivity index (χ4n) is 5.33. The molecule has 0 bridgehead atoms. The first-order valence-corrected chi connectivity index (χ1v) is 12.8. The van der Waals surface area contributed by atoms with Crippen LogP contribution in [0.25, 0.3) is 0 Å². The fourth-order valence-corrected chi connectivity index (χ4v) is 6.83. The third kappa shape index (κ3) is 9.04. The molecular weight excluding hydrogens is 412 g/mol. The molecule has 0 atom stereocenters. The first kappa shape index (κ1) is 26.4. The summed E-state index contributed by atoms with van der Waals surface area (Å²) in [4.78, 5) is 0. The van der Waals surface area contributed by atoms with Gasteiger partial charge >= 0.3 is 0 Å². The van der Waals surface area contributed by atoms with Crippen LogP contribution in [0.3, 0.4) is 0 Å². The number of halogens is 1. The topological polar surface area (TPSA) is 18.5 Å². The highest BCUT2D eigenvalue weighted by Crippen LogP contribution is 2.47. The van der Waals surface area contributed by atoms with Gasteiger partial charge in [0.1, 0.15) is 0 Å². The van der Waals surface area contributed by atoms with Gasteiger partial charge in [-0.3, -0.25) is 0 Å². The molecule has 0 radical (unpaired) electrons. The number of hydrogen-bond acceptors (Lipinski definition) is 2. The molecule has 1 aliphatic rings. The van der Waals surface area contributed by atoms with Crippen molar-refractivity contribution in [3.63, 3.8) is 0 Å². The van der Waals surface area contributed by atoms with Crippen LogP contribution in [0, 0.1) is 29.1 Å². The third-order valence-corrected chi connectivity index (χ3v) is 7.73. The van der Waals surface area contributed by atoms with Crippen molar-refractivity contribution in [2.24, 2.45) is 29.1 Å². The van der Waals surface area contributed by atoms with Crippen LogP contribution in [0.1, 0.15) is 99.8 Å². The van der Waals surface area contributed by atoms with Gasteiger partial charge < -0.3 is 9.47 Å². The van der Waals surface area contributed by atoms with Crippen LogP contribution in [0.15, 0.2) is 0 Å². The Morgan fingerprint density at radius 2 is 1.29 bits per heavy atom. The Labute approximate surface area is 185 Å². The van der Waals surface area contributed by atoms with E-state index in [2.05, 4.69) is 64.4 Å². The van der Waals surface area contributed by atoms with Crippen molar-refractivity contribution < 1.29 is 9.47 Å². The molecule has 0 amide bonds. The van der Waals surface area contributed by atoms with E-state index >= 15 is 0 Å². The maximum Gasteiger partial charge on any atom is 0.0547 e. The highest BCUT2D eigenvalue weighted by atomic mass is 79.9. The lowest BCUT2D eigenvalue weighted by Gasteiger charge is -2.45. The number of ether oxygens (including phenoxy) is 2. The summed E-state index contributed by atoms with van der Waals surface area (Å²) in [5, 5.41) is 0. The number of alkyl halides is 1. The van der Waals surface area contributed by atoms with E-state index in [1.54, 1.807) is 0 Å². The van der Waals surface area contributed by atoms with Crippen molar-refractivity contribution in [1.82, 2.24) is 0 Å². The molecular formula is C25H49BrO2. The summed E-state index contributed by atoms with van der Waals surface area (Å²) < 4.78 is 12.5. The van der Waals surface area contributed by atoms with Crippen LogP contribution in [0.2, 0.25) is 0 Å². The van der Waals surface area contributed by atoms with E-state index in [9.17, 15) is 0 Å². The molecule has 28 heavy (non-hydrogen) atoms. The van der Waals surface area contributed by atoms with Gasteiger partial charge in [0, 0.05) is 23.0 Å². The highest BCUT2D eigenvalue weighted by Gasteiger charge is 2.42. The third-order valence-electron chi connectivity index (χ3n) is 6.69. The van der Waals surface area contributed by atoms with Crippen LogP contribution < -0.4 is 0 Å². The maximum absolute atomic E-state index is 6.11. The Balaban J connectivity index is 3.02. The summed E-state index contributed by atoms with van der Waals surface area (Å²) in [6.07, 6.45) is 10.3. The molecule has 0 spiro atoms. The molecule has 0 aliphatic heterocycles. The standard InChI is InChI=1S/C25H49BrO2/c1-8-27-18-24(19-28-9-2,23-12-10-22(7)11-13-23)14-15-25(26,16-20(3)4)17-21(5)6/h20-23H,8-19H2,1-7H3. The van der Waals surface area contributed by atoms with Crippen molar-refractivity contribution in [2.75, 3.05) is 26.4 Å². The Morgan fingerprint density at radius 1 is 0.821 bits per heavy atom. The fraction of sp³-hybridized carbons (Fsp3) is 1.00. The lowest BCUT2D eigenvalue weighted by atomic mass is 9.64. The normalized spacial score (nSPS) is 21.6. The highest BCUT2D eigenvalue weighted by molar-refractivity contribution is 9.10. The zero-order chi connectivity index (χ0) is 21.2. The summed E-state index contributed by atoms with van der Waals surface area (Å²) >= 11 is 4.23. The molecule has 0 aromatic heterocycles. The van der Waals surface area contributed by atoms with E-state index in [1.807, 2.05) is 0 Å². The quantitative estimate of drug-likeness (QED) is 0.245. The van der Waals surface area contributed by atoms with Gasteiger partial charge in [0.15, 0.2) is 0 Å². The predicted octanol–water partition coefficient (Wildman–Crippen LogP) is 7.88. The van der Waals surface area contributed by atoms with Gasteiger partial charge in [-0.15, -0.1) is 0 Å². The first-order chi connectivity index (χ1) is 13.2. The lowest BCUT2D eigenvalue weighted by Crippen LogP contribution is -2.43. The average molecular weight is 462 g/mol. The zero-order valence-electron chi connectivity index (χ0n) is 20.0. The minimum absolute atomic E-state index is 0.166. The summed E-state index contributed by atoms with van der Waals surface area (Å²) in [6.45, 7) is 19.4. The van der Waals surface area contributed by atoms with Crippen LogP contribution in [0.4, 0.5) is 0 Å². The molecule has 3 heteroatoms. The van der Waals surface area contributed by atoms with Gasteiger partial charge in [-0.2, -0.15) is 0 Å². The van der Waals surface area contributed by atoms with E-state index in [1.165, 1.54) is 51.4 Å². The smallest absolute Gasteiger partial charge is 0.0547 e. The van der Waals surface area contributed by atoms with Crippen molar-refractivity contribution >= 4 is 15.9 Å². The second-order valence-corrected chi connectivity index (χ2v) is 12.1. The number of rotatable bonds is 14. The predicted molar refractivity (Wildman–Crippen MR) is 126 cm³/mol. The van der Waals surface area contributed by atoms with Crippen molar-refractivity contribution in [3.05, 3.63) is 0 Å². The molecule has 168 valence electrons.